The Bertz CT molecular complexity index is 346. The fourth-order valence-electron chi connectivity index (χ4n) is 2.53. The Morgan fingerprint density at radius 3 is 3.19 bits per heavy atom. The number of hydrogen-bond donors (Lipinski definition) is 1. The summed E-state index contributed by atoms with van der Waals surface area (Å²) in [5.74, 6) is 2.40. The Kier molecular flexibility index (Phi) is 3.98. The van der Waals surface area contributed by atoms with E-state index in [4.69, 9.17) is 5.73 Å². The number of rotatable bonds is 4. The van der Waals surface area contributed by atoms with Crippen LogP contribution in [0.15, 0.2) is 12.3 Å². The van der Waals surface area contributed by atoms with Gasteiger partial charge in [-0.25, -0.2) is 0 Å². The lowest BCUT2D eigenvalue weighted by atomic mass is 9.93. The van der Waals surface area contributed by atoms with Crippen LogP contribution < -0.4 is 5.73 Å². The third-order valence-corrected chi connectivity index (χ3v) is 4.55. The van der Waals surface area contributed by atoms with Crippen molar-refractivity contribution in [2.75, 3.05) is 11.5 Å². The Morgan fingerprint density at radius 1 is 1.62 bits per heavy atom. The van der Waals surface area contributed by atoms with Crippen LogP contribution in [0.5, 0.6) is 0 Å². The van der Waals surface area contributed by atoms with Gasteiger partial charge in [0.05, 0.1) is 0 Å². The molecular formula is C13H22N2S. The Morgan fingerprint density at radius 2 is 2.44 bits per heavy atom. The van der Waals surface area contributed by atoms with Gasteiger partial charge >= 0.3 is 0 Å². The molecule has 0 saturated heterocycles. The Hall–Kier alpha value is -0.410. The van der Waals surface area contributed by atoms with Crippen molar-refractivity contribution < 1.29 is 0 Å². The molecule has 16 heavy (non-hydrogen) atoms. The highest BCUT2D eigenvalue weighted by Crippen LogP contribution is 2.31. The maximum Gasteiger partial charge on any atom is 0.0395 e. The number of nitrogens with zero attached hydrogens (tertiary/aromatic N) is 1. The van der Waals surface area contributed by atoms with Crippen molar-refractivity contribution in [3.05, 3.63) is 23.5 Å². The molecule has 0 aromatic carbocycles. The quantitative estimate of drug-likeness (QED) is 0.873. The molecule has 2 rings (SSSR count). The van der Waals surface area contributed by atoms with E-state index in [2.05, 4.69) is 30.7 Å². The summed E-state index contributed by atoms with van der Waals surface area (Å²) in [6.45, 7) is 4.53. The van der Waals surface area contributed by atoms with E-state index in [-0.39, 0.29) is 6.04 Å². The zero-order valence-corrected chi connectivity index (χ0v) is 11.1. The minimum absolute atomic E-state index is 0.274. The first-order chi connectivity index (χ1) is 7.74. The fourth-order valence-corrected chi connectivity index (χ4v) is 3.27. The molecule has 2 unspecified atom stereocenters. The van der Waals surface area contributed by atoms with Crippen LogP contribution in [0.25, 0.3) is 0 Å². The minimum atomic E-state index is 0.274. The topological polar surface area (TPSA) is 30.9 Å². The molecule has 0 saturated carbocycles. The molecule has 0 fully saturated rings. The van der Waals surface area contributed by atoms with Gasteiger partial charge in [0, 0.05) is 29.7 Å². The van der Waals surface area contributed by atoms with Crippen molar-refractivity contribution in [2.24, 2.45) is 5.73 Å². The number of thioether (sulfide) groups is 1. The monoisotopic (exact) mass is 238 g/mol. The summed E-state index contributed by atoms with van der Waals surface area (Å²) in [6, 6.07) is 3.10. The second kappa shape index (κ2) is 5.28. The lowest BCUT2D eigenvalue weighted by molar-refractivity contribution is 0.517. The van der Waals surface area contributed by atoms with E-state index in [9.17, 15) is 0 Å². The molecule has 1 aliphatic rings. The molecule has 2 nitrogen and oxygen atoms in total. The van der Waals surface area contributed by atoms with Crippen molar-refractivity contribution in [3.8, 4) is 0 Å². The summed E-state index contributed by atoms with van der Waals surface area (Å²) in [7, 11) is 0. The number of nitrogens with two attached hydrogens (primary N) is 1. The molecule has 0 bridgehead atoms. The van der Waals surface area contributed by atoms with E-state index in [0.717, 1.165) is 6.42 Å². The lowest BCUT2D eigenvalue weighted by Gasteiger charge is -2.23. The number of aromatic nitrogens is 1. The Labute approximate surface area is 103 Å². The molecule has 90 valence electrons. The third kappa shape index (κ3) is 2.30. The molecule has 0 amide bonds. The molecule has 0 spiro atoms. The largest absolute Gasteiger partial charge is 0.348 e. The van der Waals surface area contributed by atoms with Crippen LogP contribution in [0.1, 0.15) is 50.0 Å². The van der Waals surface area contributed by atoms with Crippen LogP contribution >= 0.6 is 11.8 Å². The van der Waals surface area contributed by atoms with Gasteiger partial charge in [0.25, 0.3) is 0 Å². The van der Waals surface area contributed by atoms with Crippen LogP contribution in [0.2, 0.25) is 0 Å². The van der Waals surface area contributed by atoms with E-state index >= 15 is 0 Å². The highest BCUT2D eigenvalue weighted by molar-refractivity contribution is 7.99. The second-order valence-corrected chi connectivity index (χ2v) is 5.95. The highest BCUT2D eigenvalue weighted by Gasteiger charge is 2.21. The highest BCUT2D eigenvalue weighted by atomic mass is 32.2. The SMILES string of the molecule is CCSCC(C)n1ccc2c1CCCC2N. The van der Waals surface area contributed by atoms with Gasteiger partial charge in [-0.3, -0.25) is 0 Å². The zero-order chi connectivity index (χ0) is 11.5. The average Bonchev–Trinajstić information content (AvgIpc) is 2.71. The van der Waals surface area contributed by atoms with E-state index in [1.807, 2.05) is 11.8 Å². The average molecular weight is 238 g/mol. The predicted octanol–water partition coefficient (Wildman–Crippen LogP) is 3.14. The first-order valence-corrected chi connectivity index (χ1v) is 7.42. The van der Waals surface area contributed by atoms with Gasteiger partial charge in [-0.1, -0.05) is 6.92 Å². The van der Waals surface area contributed by atoms with Crippen molar-refractivity contribution in [2.45, 2.75) is 45.2 Å². The third-order valence-electron chi connectivity index (χ3n) is 3.43. The van der Waals surface area contributed by atoms with Crippen molar-refractivity contribution in [1.29, 1.82) is 0 Å². The molecule has 3 heteroatoms. The molecule has 1 aromatic heterocycles. The fraction of sp³-hybridized carbons (Fsp3) is 0.692. The number of hydrogen-bond acceptors (Lipinski definition) is 2. The summed E-state index contributed by atoms with van der Waals surface area (Å²) in [6.07, 6.45) is 5.83. The standard InChI is InChI=1S/C13H22N2S/c1-3-16-9-10(2)15-8-7-11-12(14)5-4-6-13(11)15/h7-8,10,12H,3-6,9,14H2,1-2H3. The first kappa shape index (κ1) is 12.1. The first-order valence-electron chi connectivity index (χ1n) is 6.27. The molecule has 0 aliphatic heterocycles. The van der Waals surface area contributed by atoms with Gasteiger partial charge in [-0.2, -0.15) is 11.8 Å². The minimum Gasteiger partial charge on any atom is -0.348 e. The van der Waals surface area contributed by atoms with E-state index in [0.29, 0.717) is 6.04 Å². The van der Waals surface area contributed by atoms with Crippen LogP contribution in [0, 0.1) is 0 Å². The molecule has 2 atom stereocenters. The molecule has 1 heterocycles. The second-order valence-electron chi connectivity index (χ2n) is 4.63. The van der Waals surface area contributed by atoms with Gasteiger partial charge < -0.3 is 10.3 Å². The molecule has 2 N–H and O–H groups in total. The summed E-state index contributed by atoms with van der Waals surface area (Å²) in [4.78, 5) is 0. The Balaban J connectivity index is 2.16. The molecule has 0 radical (unpaired) electrons. The van der Waals surface area contributed by atoms with Gasteiger partial charge in [0.15, 0.2) is 0 Å². The van der Waals surface area contributed by atoms with Gasteiger partial charge in [0.1, 0.15) is 0 Å². The summed E-state index contributed by atoms with van der Waals surface area (Å²) in [5.41, 5.74) is 9.02. The van der Waals surface area contributed by atoms with E-state index in [1.54, 1.807) is 0 Å². The maximum atomic E-state index is 6.14. The molecule has 1 aliphatic carbocycles. The maximum absolute atomic E-state index is 6.14. The predicted molar refractivity (Wildman–Crippen MR) is 72.0 cm³/mol. The summed E-state index contributed by atoms with van der Waals surface area (Å²) < 4.78 is 2.44. The van der Waals surface area contributed by atoms with E-state index < -0.39 is 0 Å². The van der Waals surface area contributed by atoms with Crippen LogP contribution in [-0.4, -0.2) is 16.1 Å². The van der Waals surface area contributed by atoms with Gasteiger partial charge in [0.2, 0.25) is 0 Å². The zero-order valence-electron chi connectivity index (χ0n) is 10.3. The van der Waals surface area contributed by atoms with Crippen molar-refractivity contribution in [1.82, 2.24) is 4.57 Å². The smallest absolute Gasteiger partial charge is 0.0395 e. The van der Waals surface area contributed by atoms with Crippen LogP contribution in [-0.2, 0) is 6.42 Å². The van der Waals surface area contributed by atoms with Gasteiger partial charge in [-0.05, 0) is 43.6 Å². The van der Waals surface area contributed by atoms with Crippen LogP contribution in [0.3, 0.4) is 0 Å². The summed E-state index contributed by atoms with van der Waals surface area (Å²) >= 11 is 2.01. The van der Waals surface area contributed by atoms with Crippen LogP contribution in [0.4, 0.5) is 0 Å². The van der Waals surface area contributed by atoms with Crippen molar-refractivity contribution >= 4 is 11.8 Å². The van der Waals surface area contributed by atoms with Crippen molar-refractivity contribution in [3.63, 3.8) is 0 Å². The molecule has 1 aromatic rings. The number of fused-ring (bicyclic) bond motifs is 1. The van der Waals surface area contributed by atoms with E-state index in [1.165, 1.54) is 35.6 Å². The lowest BCUT2D eigenvalue weighted by Crippen LogP contribution is -2.19. The molecular weight excluding hydrogens is 216 g/mol. The summed E-state index contributed by atoms with van der Waals surface area (Å²) in [5, 5.41) is 0. The normalized spacial score (nSPS) is 21.8. The van der Waals surface area contributed by atoms with Gasteiger partial charge in [-0.15, -0.1) is 0 Å².